The van der Waals surface area contributed by atoms with E-state index in [-0.39, 0.29) is 24.0 Å². The molecule has 0 spiro atoms. The summed E-state index contributed by atoms with van der Waals surface area (Å²) in [4.78, 5) is 4.28. The van der Waals surface area contributed by atoms with Crippen LogP contribution < -0.4 is 20.1 Å². The number of hydrogen-bond acceptors (Lipinski definition) is 3. The van der Waals surface area contributed by atoms with Crippen LogP contribution >= 0.6 is 24.0 Å². The number of nitrogens with one attached hydrogen (secondary N) is 2. The fraction of sp³-hybridized carbons (Fsp3) is 0.500. The Bertz CT molecular complexity index is 602. The van der Waals surface area contributed by atoms with Crippen LogP contribution in [-0.2, 0) is 0 Å². The highest BCUT2D eigenvalue weighted by Gasteiger charge is 2.11. The maximum absolute atomic E-state index is 5.72. The second-order valence-electron chi connectivity index (χ2n) is 5.84. The van der Waals surface area contributed by atoms with Gasteiger partial charge in [-0.2, -0.15) is 0 Å². The fourth-order valence-electron chi connectivity index (χ4n) is 2.86. The zero-order valence-corrected chi connectivity index (χ0v) is 16.5. The molecule has 1 aromatic rings. The molecule has 0 saturated carbocycles. The summed E-state index contributed by atoms with van der Waals surface area (Å²) in [6, 6.07) is 5.90. The number of halogens is 1. The Balaban J connectivity index is 0.00000208. The lowest BCUT2D eigenvalue weighted by Gasteiger charge is -2.14. The van der Waals surface area contributed by atoms with Crippen LogP contribution in [0.3, 0.4) is 0 Å². The van der Waals surface area contributed by atoms with Crippen molar-refractivity contribution in [3.05, 3.63) is 29.8 Å². The molecule has 132 valence electrons. The Kier molecular flexibility index (Phi) is 7.68. The van der Waals surface area contributed by atoms with E-state index < -0.39 is 0 Å². The van der Waals surface area contributed by atoms with Gasteiger partial charge in [-0.05, 0) is 37.8 Å². The molecule has 0 saturated heterocycles. The first-order chi connectivity index (χ1) is 11.3. The first kappa shape index (κ1) is 18.9. The van der Waals surface area contributed by atoms with Crippen LogP contribution in [0.5, 0.6) is 11.5 Å². The van der Waals surface area contributed by atoms with Crippen LogP contribution in [0.1, 0.15) is 32.1 Å². The highest BCUT2D eigenvalue weighted by Crippen LogP contribution is 2.32. The van der Waals surface area contributed by atoms with Gasteiger partial charge in [-0.1, -0.05) is 11.6 Å². The fourth-order valence-corrected chi connectivity index (χ4v) is 2.86. The zero-order chi connectivity index (χ0) is 15.9. The summed E-state index contributed by atoms with van der Waals surface area (Å²) in [5.41, 5.74) is 2.51. The molecule has 3 rings (SSSR count). The maximum atomic E-state index is 5.72. The van der Waals surface area contributed by atoms with Gasteiger partial charge in [-0.25, -0.2) is 0 Å². The second kappa shape index (κ2) is 9.76. The normalized spacial score (nSPS) is 16.7. The van der Waals surface area contributed by atoms with Crippen molar-refractivity contribution >= 4 is 35.6 Å². The molecule has 0 fully saturated rings. The third kappa shape index (κ3) is 5.29. The average Bonchev–Trinajstić information content (AvgIpc) is 2.98. The minimum Gasteiger partial charge on any atom is -0.490 e. The smallest absolute Gasteiger partial charge is 0.195 e. The molecule has 0 unspecified atom stereocenters. The van der Waals surface area contributed by atoms with E-state index in [0.29, 0.717) is 13.2 Å². The van der Waals surface area contributed by atoms with Crippen molar-refractivity contribution in [2.75, 3.05) is 32.1 Å². The SMILES string of the molecule is CN=C(NCCC1=CCCC1)Nc1ccc2c(c1)OCCCO2.I. The van der Waals surface area contributed by atoms with E-state index in [1.54, 1.807) is 12.6 Å². The Morgan fingerprint density at radius 3 is 2.75 bits per heavy atom. The van der Waals surface area contributed by atoms with Crippen molar-refractivity contribution in [1.82, 2.24) is 5.32 Å². The molecule has 2 N–H and O–H groups in total. The van der Waals surface area contributed by atoms with Crippen molar-refractivity contribution in [3.8, 4) is 11.5 Å². The molecule has 6 heteroatoms. The molecular formula is C18H26IN3O2. The summed E-state index contributed by atoms with van der Waals surface area (Å²) in [6.45, 7) is 2.30. The molecule has 5 nitrogen and oxygen atoms in total. The molecule has 0 amide bonds. The number of hydrogen-bond donors (Lipinski definition) is 2. The minimum absolute atomic E-state index is 0. The molecule has 1 aliphatic carbocycles. The Hall–Kier alpha value is -1.44. The van der Waals surface area contributed by atoms with E-state index >= 15 is 0 Å². The summed E-state index contributed by atoms with van der Waals surface area (Å²) < 4.78 is 11.4. The summed E-state index contributed by atoms with van der Waals surface area (Å²) in [5.74, 6) is 2.38. The van der Waals surface area contributed by atoms with Gasteiger partial charge in [0.2, 0.25) is 0 Å². The van der Waals surface area contributed by atoms with E-state index in [1.807, 2.05) is 18.2 Å². The number of allylic oxidation sites excluding steroid dienone is 1. The van der Waals surface area contributed by atoms with Crippen LogP contribution in [0.25, 0.3) is 0 Å². The van der Waals surface area contributed by atoms with Crippen molar-refractivity contribution in [3.63, 3.8) is 0 Å². The van der Waals surface area contributed by atoms with Gasteiger partial charge in [-0.3, -0.25) is 4.99 Å². The molecular weight excluding hydrogens is 417 g/mol. The highest BCUT2D eigenvalue weighted by molar-refractivity contribution is 14.0. The third-order valence-corrected chi connectivity index (χ3v) is 4.11. The molecule has 0 atom stereocenters. The minimum atomic E-state index is 0. The summed E-state index contributed by atoms with van der Waals surface area (Å²) in [6.07, 6.45) is 8.15. The summed E-state index contributed by atoms with van der Waals surface area (Å²) in [7, 11) is 1.78. The van der Waals surface area contributed by atoms with Crippen LogP contribution in [0.2, 0.25) is 0 Å². The predicted molar refractivity (Wildman–Crippen MR) is 109 cm³/mol. The standard InChI is InChI=1S/C18H25N3O2.HI/c1-19-18(20-10-9-14-5-2-3-6-14)21-15-7-8-16-17(13-15)23-12-4-11-22-16;/h5,7-8,13H,2-4,6,9-12H2,1H3,(H2,19,20,21);1H. The molecule has 24 heavy (non-hydrogen) atoms. The molecule has 2 aliphatic rings. The number of guanidine groups is 1. The Labute approximate surface area is 160 Å². The van der Waals surface area contributed by atoms with Gasteiger partial charge in [0.05, 0.1) is 13.2 Å². The van der Waals surface area contributed by atoms with Crippen molar-refractivity contribution in [2.45, 2.75) is 32.1 Å². The van der Waals surface area contributed by atoms with Gasteiger partial charge >= 0.3 is 0 Å². The lowest BCUT2D eigenvalue weighted by molar-refractivity contribution is 0.297. The van der Waals surface area contributed by atoms with Gasteiger partial charge in [0, 0.05) is 31.8 Å². The molecule has 0 aromatic heterocycles. The zero-order valence-electron chi connectivity index (χ0n) is 14.1. The molecule has 1 aromatic carbocycles. The number of fused-ring (bicyclic) bond motifs is 1. The second-order valence-corrected chi connectivity index (χ2v) is 5.84. The highest BCUT2D eigenvalue weighted by atomic mass is 127. The van der Waals surface area contributed by atoms with E-state index in [4.69, 9.17) is 9.47 Å². The van der Waals surface area contributed by atoms with Gasteiger partial charge in [-0.15, -0.1) is 24.0 Å². The van der Waals surface area contributed by atoms with E-state index in [9.17, 15) is 0 Å². The Morgan fingerprint density at radius 2 is 2.00 bits per heavy atom. The molecule has 1 heterocycles. The first-order valence-corrected chi connectivity index (χ1v) is 8.40. The van der Waals surface area contributed by atoms with E-state index in [0.717, 1.165) is 42.5 Å². The summed E-state index contributed by atoms with van der Waals surface area (Å²) >= 11 is 0. The van der Waals surface area contributed by atoms with Crippen molar-refractivity contribution < 1.29 is 9.47 Å². The predicted octanol–water partition coefficient (Wildman–Crippen LogP) is 3.95. The number of aliphatic imine (C=N–C) groups is 1. The summed E-state index contributed by atoms with van der Waals surface area (Å²) in [5, 5.41) is 6.67. The average molecular weight is 443 g/mol. The van der Waals surface area contributed by atoms with Gasteiger partial charge in [0.25, 0.3) is 0 Å². The van der Waals surface area contributed by atoms with Gasteiger partial charge in [0.15, 0.2) is 17.5 Å². The lowest BCUT2D eigenvalue weighted by atomic mass is 10.2. The first-order valence-electron chi connectivity index (χ1n) is 8.40. The molecule has 0 bridgehead atoms. The van der Waals surface area contributed by atoms with Crippen LogP contribution in [-0.4, -0.2) is 32.8 Å². The van der Waals surface area contributed by atoms with E-state index in [2.05, 4.69) is 21.7 Å². The molecule has 0 radical (unpaired) electrons. The quantitative estimate of drug-likeness (QED) is 0.320. The maximum Gasteiger partial charge on any atom is 0.195 e. The Morgan fingerprint density at radius 1 is 1.17 bits per heavy atom. The number of anilines is 1. The van der Waals surface area contributed by atoms with Crippen LogP contribution in [0.4, 0.5) is 5.69 Å². The number of nitrogens with zero attached hydrogens (tertiary/aromatic N) is 1. The number of rotatable bonds is 4. The largest absolute Gasteiger partial charge is 0.490 e. The van der Waals surface area contributed by atoms with Gasteiger partial charge in [0.1, 0.15) is 0 Å². The third-order valence-electron chi connectivity index (χ3n) is 4.11. The number of ether oxygens (including phenoxy) is 2. The number of benzene rings is 1. The topological polar surface area (TPSA) is 54.9 Å². The molecule has 1 aliphatic heterocycles. The van der Waals surface area contributed by atoms with Crippen molar-refractivity contribution in [2.24, 2.45) is 4.99 Å². The van der Waals surface area contributed by atoms with E-state index in [1.165, 1.54) is 19.3 Å². The lowest BCUT2D eigenvalue weighted by Crippen LogP contribution is -2.31. The monoisotopic (exact) mass is 443 g/mol. The van der Waals surface area contributed by atoms with Crippen LogP contribution in [0, 0.1) is 0 Å². The van der Waals surface area contributed by atoms with Crippen LogP contribution in [0.15, 0.2) is 34.8 Å². The van der Waals surface area contributed by atoms with Gasteiger partial charge < -0.3 is 20.1 Å². The van der Waals surface area contributed by atoms with Crippen molar-refractivity contribution in [1.29, 1.82) is 0 Å².